The fourth-order valence-corrected chi connectivity index (χ4v) is 2.08. The van der Waals surface area contributed by atoms with Crippen LogP contribution in [0, 0.1) is 0 Å². The molecule has 0 unspecified atom stereocenters. The molecule has 1 heterocycles. The van der Waals surface area contributed by atoms with Crippen molar-refractivity contribution >= 4 is 11.9 Å². The molecule has 112 valence electrons. The first kappa shape index (κ1) is 15.3. The molecule has 4 heteroatoms. The van der Waals surface area contributed by atoms with Crippen molar-refractivity contribution in [2.45, 2.75) is 38.3 Å². The summed E-state index contributed by atoms with van der Waals surface area (Å²) >= 11 is 0. The van der Waals surface area contributed by atoms with Crippen LogP contribution in [0.3, 0.4) is 0 Å². The van der Waals surface area contributed by atoms with E-state index in [-0.39, 0.29) is 12.6 Å². The van der Waals surface area contributed by atoms with Crippen molar-refractivity contribution in [3.8, 4) is 0 Å². The fourth-order valence-electron chi connectivity index (χ4n) is 2.08. The topological polar surface area (TPSA) is 47.9 Å². The first-order valence-electron chi connectivity index (χ1n) is 6.99. The minimum Gasteiger partial charge on any atom is -0.474 e. The van der Waals surface area contributed by atoms with Crippen LogP contribution in [-0.2, 0) is 14.3 Å². The Morgan fingerprint density at radius 3 is 2.67 bits per heavy atom. The van der Waals surface area contributed by atoms with Crippen molar-refractivity contribution in [1.82, 2.24) is 0 Å². The number of hydrogen-bond donors (Lipinski definition) is 0. The zero-order valence-corrected chi connectivity index (χ0v) is 12.8. The van der Waals surface area contributed by atoms with E-state index in [1.165, 1.54) is 0 Å². The Labute approximate surface area is 125 Å². The van der Waals surface area contributed by atoms with Crippen molar-refractivity contribution in [2.75, 3.05) is 6.61 Å². The summed E-state index contributed by atoms with van der Waals surface area (Å²) in [4.78, 5) is 17.0. The van der Waals surface area contributed by atoms with Crippen molar-refractivity contribution in [3.63, 3.8) is 0 Å². The molecule has 0 N–H and O–H groups in total. The number of benzene rings is 1. The van der Waals surface area contributed by atoms with Gasteiger partial charge < -0.3 is 9.47 Å². The molecule has 1 atom stereocenters. The third-order valence-electron chi connectivity index (χ3n) is 3.04. The SMILES string of the molecule is C=CC[C@@]1(C(=O)OC(C)(C)C)COC(c2ccccc2)=N1. The van der Waals surface area contributed by atoms with Crippen LogP contribution >= 0.6 is 0 Å². The van der Waals surface area contributed by atoms with Gasteiger partial charge in [-0.05, 0) is 32.9 Å². The summed E-state index contributed by atoms with van der Waals surface area (Å²) in [6, 6.07) is 9.53. The molecule has 0 aliphatic carbocycles. The lowest BCUT2D eigenvalue weighted by atomic mass is 9.97. The summed E-state index contributed by atoms with van der Waals surface area (Å²) in [5.41, 5.74) is -0.733. The first-order chi connectivity index (χ1) is 9.86. The van der Waals surface area contributed by atoms with Crippen molar-refractivity contribution in [3.05, 3.63) is 48.6 Å². The molecule has 0 spiro atoms. The molecule has 0 amide bonds. The van der Waals surface area contributed by atoms with Gasteiger partial charge >= 0.3 is 5.97 Å². The van der Waals surface area contributed by atoms with Crippen LogP contribution in [0.4, 0.5) is 0 Å². The molecule has 1 aliphatic heterocycles. The van der Waals surface area contributed by atoms with Gasteiger partial charge in [-0.15, -0.1) is 6.58 Å². The maximum atomic E-state index is 12.5. The number of carbonyl (C=O) groups is 1. The molecule has 0 saturated carbocycles. The van der Waals surface area contributed by atoms with Gasteiger partial charge in [0, 0.05) is 12.0 Å². The molecule has 0 bridgehead atoms. The Kier molecular flexibility index (Phi) is 4.16. The standard InChI is InChI=1S/C17H21NO3/c1-5-11-17(15(19)21-16(2,3)4)12-20-14(18-17)13-9-7-6-8-10-13/h5-10H,1,11-12H2,2-4H3/t17-/m0/s1. The highest BCUT2D eigenvalue weighted by Gasteiger charge is 2.46. The lowest BCUT2D eigenvalue weighted by Gasteiger charge is -2.27. The van der Waals surface area contributed by atoms with Gasteiger partial charge in [0.15, 0.2) is 5.54 Å². The van der Waals surface area contributed by atoms with Crippen LogP contribution in [0.15, 0.2) is 48.0 Å². The Morgan fingerprint density at radius 2 is 2.10 bits per heavy atom. The number of ether oxygens (including phenoxy) is 2. The van der Waals surface area contributed by atoms with Gasteiger partial charge in [-0.1, -0.05) is 24.3 Å². The molecular formula is C17H21NO3. The highest BCUT2D eigenvalue weighted by Crippen LogP contribution is 2.29. The van der Waals surface area contributed by atoms with Crippen molar-refractivity contribution in [1.29, 1.82) is 0 Å². The number of hydrogen-bond acceptors (Lipinski definition) is 4. The minimum absolute atomic E-state index is 0.179. The summed E-state index contributed by atoms with van der Waals surface area (Å²) in [6.07, 6.45) is 2.06. The molecular weight excluding hydrogens is 266 g/mol. The molecule has 1 aromatic rings. The summed E-state index contributed by atoms with van der Waals surface area (Å²) < 4.78 is 11.1. The average molecular weight is 287 g/mol. The molecule has 0 fully saturated rings. The van der Waals surface area contributed by atoms with Crippen LogP contribution in [0.1, 0.15) is 32.8 Å². The van der Waals surface area contributed by atoms with Crippen LogP contribution in [-0.4, -0.2) is 29.6 Å². The molecule has 0 saturated heterocycles. The summed E-state index contributed by atoms with van der Waals surface area (Å²) in [5, 5.41) is 0. The number of esters is 1. The van der Waals surface area contributed by atoms with Crippen LogP contribution in [0.25, 0.3) is 0 Å². The van der Waals surface area contributed by atoms with Crippen LogP contribution in [0.5, 0.6) is 0 Å². The third kappa shape index (κ3) is 3.51. The maximum absolute atomic E-state index is 12.5. The average Bonchev–Trinajstić information content (AvgIpc) is 2.84. The molecule has 0 radical (unpaired) electrons. The van der Waals surface area contributed by atoms with Gasteiger partial charge in [0.1, 0.15) is 12.2 Å². The second-order valence-electron chi connectivity index (χ2n) is 6.10. The highest BCUT2D eigenvalue weighted by atomic mass is 16.6. The van der Waals surface area contributed by atoms with Gasteiger partial charge in [0.2, 0.25) is 5.90 Å². The second-order valence-corrected chi connectivity index (χ2v) is 6.10. The van der Waals surface area contributed by atoms with Gasteiger partial charge in [0.25, 0.3) is 0 Å². The summed E-state index contributed by atoms with van der Waals surface area (Å²) in [6.45, 7) is 9.40. The number of aliphatic imine (C=N–C) groups is 1. The summed E-state index contributed by atoms with van der Waals surface area (Å²) in [7, 11) is 0. The highest BCUT2D eigenvalue weighted by molar-refractivity contribution is 5.99. The van der Waals surface area contributed by atoms with Gasteiger partial charge in [-0.2, -0.15) is 0 Å². The maximum Gasteiger partial charge on any atom is 0.338 e. The van der Waals surface area contributed by atoms with E-state index in [4.69, 9.17) is 9.47 Å². The lowest BCUT2D eigenvalue weighted by Crippen LogP contribution is -2.43. The Bertz CT molecular complexity index is 557. The first-order valence-corrected chi connectivity index (χ1v) is 6.99. The van der Waals surface area contributed by atoms with E-state index in [1.807, 2.05) is 51.1 Å². The molecule has 21 heavy (non-hydrogen) atoms. The molecule has 1 aliphatic rings. The quantitative estimate of drug-likeness (QED) is 0.631. The van der Waals surface area contributed by atoms with E-state index in [2.05, 4.69) is 11.6 Å². The predicted octanol–water partition coefficient (Wildman–Crippen LogP) is 3.12. The minimum atomic E-state index is -1.03. The van der Waals surface area contributed by atoms with Gasteiger partial charge in [-0.25, -0.2) is 9.79 Å². The van der Waals surface area contributed by atoms with Crippen molar-refractivity contribution < 1.29 is 14.3 Å². The largest absolute Gasteiger partial charge is 0.474 e. The number of nitrogens with zero attached hydrogens (tertiary/aromatic N) is 1. The van der Waals surface area contributed by atoms with E-state index in [0.29, 0.717) is 12.3 Å². The van der Waals surface area contributed by atoms with E-state index in [0.717, 1.165) is 5.56 Å². The predicted molar refractivity (Wildman–Crippen MR) is 82.3 cm³/mol. The molecule has 4 nitrogen and oxygen atoms in total. The van der Waals surface area contributed by atoms with E-state index < -0.39 is 11.1 Å². The number of rotatable bonds is 4. The third-order valence-corrected chi connectivity index (χ3v) is 3.04. The van der Waals surface area contributed by atoms with Crippen molar-refractivity contribution in [2.24, 2.45) is 4.99 Å². The number of carbonyl (C=O) groups excluding carboxylic acids is 1. The van der Waals surface area contributed by atoms with E-state index >= 15 is 0 Å². The molecule has 1 aromatic carbocycles. The van der Waals surface area contributed by atoms with Gasteiger partial charge in [0.05, 0.1) is 0 Å². The molecule has 0 aromatic heterocycles. The lowest BCUT2D eigenvalue weighted by molar-refractivity contribution is -0.161. The van der Waals surface area contributed by atoms with Crippen LogP contribution in [0.2, 0.25) is 0 Å². The zero-order chi connectivity index (χ0) is 15.5. The zero-order valence-electron chi connectivity index (χ0n) is 12.8. The Balaban J connectivity index is 2.30. The fraction of sp³-hybridized carbons (Fsp3) is 0.412. The van der Waals surface area contributed by atoms with Gasteiger partial charge in [-0.3, -0.25) is 0 Å². The summed E-state index contributed by atoms with van der Waals surface area (Å²) in [5.74, 6) is 0.101. The Hall–Kier alpha value is -2.10. The van der Waals surface area contributed by atoms with Crippen LogP contribution < -0.4 is 0 Å². The Morgan fingerprint density at radius 1 is 1.43 bits per heavy atom. The van der Waals surface area contributed by atoms with E-state index in [1.54, 1.807) is 6.08 Å². The second kappa shape index (κ2) is 5.72. The smallest absolute Gasteiger partial charge is 0.338 e. The normalized spacial score (nSPS) is 21.4. The monoisotopic (exact) mass is 287 g/mol. The van der Waals surface area contributed by atoms with E-state index in [9.17, 15) is 4.79 Å². The molecule has 2 rings (SSSR count).